The number of alkyl halides is 3. The molecular weight excluding hydrogens is 573 g/mol. The Kier molecular flexibility index (Phi) is 9.60. The molecule has 0 spiro atoms. The number of aliphatic carboxylic acids is 1. The van der Waals surface area contributed by atoms with E-state index in [1.807, 2.05) is 17.5 Å². The van der Waals surface area contributed by atoms with Crippen molar-refractivity contribution in [3.05, 3.63) is 111 Å². The number of carboxylic acid groups (broad SMARTS) is 1. The molecule has 224 valence electrons. The van der Waals surface area contributed by atoms with Crippen molar-refractivity contribution in [3.63, 3.8) is 0 Å². The summed E-state index contributed by atoms with van der Waals surface area (Å²) in [6.07, 6.45) is 2.41. The van der Waals surface area contributed by atoms with Crippen molar-refractivity contribution in [2.45, 2.75) is 63.0 Å². The maximum atomic E-state index is 13.1. The summed E-state index contributed by atoms with van der Waals surface area (Å²) in [5.41, 5.74) is 4.41. The fraction of sp³-hybridized carbons (Fsp3) is 0.324. The topological polar surface area (TPSA) is 79.3 Å². The van der Waals surface area contributed by atoms with Gasteiger partial charge in [0.15, 0.2) is 0 Å². The molecule has 1 saturated carbocycles. The van der Waals surface area contributed by atoms with E-state index >= 15 is 0 Å². The number of carboxylic acids is 1. The molecule has 2 N–H and O–H groups in total. The van der Waals surface area contributed by atoms with Crippen LogP contribution in [0.2, 0.25) is 0 Å². The minimum absolute atomic E-state index is 0.0429. The van der Waals surface area contributed by atoms with Crippen LogP contribution in [0.1, 0.15) is 88.0 Å². The van der Waals surface area contributed by atoms with Crippen LogP contribution in [0, 0.1) is 0 Å². The van der Waals surface area contributed by atoms with Gasteiger partial charge in [-0.05, 0) is 66.1 Å². The van der Waals surface area contributed by atoms with E-state index < -0.39 is 17.7 Å². The lowest BCUT2D eigenvalue weighted by atomic mass is 9.83. The second-order valence-electron chi connectivity index (χ2n) is 11.0. The van der Waals surface area contributed by atoms with Crippen LogP contribution in [0.15, 0.2) is 78.2 Å². The highest BCUT2D eigenvalue weighted by Gasteiger charge is 2.30. The number of benzene rings is 3. The summed E-state index contributed by atoms with van der Waals surface area (Å²) in [5.74, 6) is -0.859. The molecule has 5 nitrogen and oxygen atoms in total. The van der Waals surface area contributed by atoms with Gasteiger partial charge in [-0.15, -0.1) is 11.3 Å². The smallest absolute Gasteiger partial charge is 0.416 e. The maximum absolute atomic E-state index is 13.1. The van der Waals surface area contributed by atoms with Crippen molar-refractivity contribution in [1.82, 2.24) is 10.3 Å². The lowest BCUT2D eigenvalue weighted by Gasteiger charge is -2.22. The summed E-state index contributed by atoms with van der Waals surface area (Å²) in [6.45, 7) is 0.0429. The Morgan fingerprint density at radius 2 is 1.60 bits per heavy atom. The van der Waals surface area contributed by atoms with Gasteiger partial charge < -0.3 is 10.4 Å². The molecule has 0 aliphatic heterocycles. The highest BCUT2D eigenvalue weighted by atomic mass is 32.1. The van der Waals surface area contributed by atoms with Crippen LogP contribution >= 0.6 is 11.3 Å². The Balaban J connectivity index is 1.39. The van der Waals surface area contributed by atoms with E-state index in [4.69, 9.17) is 10.1 Å². The van der Waals surface area contributed by atoms with Gasteiger partial charge in [0.1, 0.15) is 5.01 Å². The second-order valence-corrected chi connectivity index (χ2v) is 11.9. The first kappa shape index (κ1) is 30.5. The van der Waals surface area contributed by atoms with Crippen LogP contribution in [0.4, 0.5) is 13.2 Å². The van der Waals surface area contributed by atoms with Crippen LogP contribution in [-0.2, 0) is 17.4 Å². The number of amides is 1. The molecule has 1 aromatic heterocycles. The van der Waals surface area contributed by atoms with E-state index in [9.17, 15) is 22.8 Å². The van der Waals surface area contributed by atoms with Gasteiger partial charge in [-0.3, -0.25) is 9.59 Å². The van der Waals surface area contributed by atoms with Gasteiger partial charge in [0.05, 0.1) is 17.7 Å². The summed E-state index contributed by atoms with van der Waals surface area (Å²) in [6, 6.07) is 21.0. The molecule has 1 unspecified atom stereocenters. The standard InChI is InChI=1S/C34H33F3N2O3S/c35-34(36,37)28-16-14-26(15-17-28)30-21-43-33(39-30)29(20-22-6-8-24(9-7-22)23-4-2-1-3-5-23)25-10-12-27(13-11-25)32(42)38-19-18-31(40)41/h6-17,21,23,29H,1-5,18-20H2,(H,38,42)(H,40,41). The monoisotopic (exact) mass is 606 g/mol. The second kappa shape index (κ2) is 13.5. The van der Waals surface area contributed by atoms with Gasteiger partial charge in [0, 0.05) is 29.0 Å². The molecule has 0 radical (unpaired) electrons. The van der Waals surface area contributed by atoms with E-state index in [2.05, 4.69) is 29.6 Å². The molecule has 1 fully saturated rings. The molecule has 43 heavy (non-hydrogen) atoms. The van der Waals surface area contributed by atoms with E-state index in [0.717, 1.165) is 28.3 Å². The average Bonchev–Trinajstić information content (AvgIpc) is 3.50. The maximum Gasteiger partial charge on any atom is 0.416 e. The molecule has 9 heteroatoms. The molecule has 1 atom stereocenters. The number of halogens is 3. The summed E-state index contributed by atoms with van der Waals surface area (Å²) in [4.78, 5) is 28.1. The number of carbonyl (C=O) groups is 2. The fourth-order valence-corrected chi connectivity index (χ4v) is 6.56. The van der Waals surface area contributed by atoms with E-state index in [1.165, 1.54) is 61.1 Å². The van der Waals surface area contributed by atoms with Crippen molar-refractivity contribution < 1.29 is 27.9 Å². The number of nitrogens with zero attached hydrogens (tertiary/aromatic N) is 1. The number of aromatic nitrogens is 1. The third kappa shape index (κ3) is 7.90. The minimum Gasteiger partial charge on any atom is -0.481 e. The van der Waals surface area contributed by atoms with E-state index in [1.54, 1.807) is 12.1 Å². The van der Waals surface area contributed by atoms with Crippen LogP contribution in [0.3, 0.4) is 0 Å². The molecule has 3 aromatic carbocycles. The molecule has 1 heterocycles. The molecule has 5 rings (SSSR count). The zero-order valence-electron chi connectivity index (χ0n) is 23.6. The van der Waals surface area contributed by atoms with Crippen LogP contribution < -0.4 is 5.32 Å². The number of hydrogen-bond acceptors (Lipinski definition) is 4. The molecule has 4 aromatic rings. The van der Waals surface area contributed by atoms with Crippen molar-refractivity contribution in [3.8, 4) is 11.3 Å². The summed E-state index contributed by atoms with van der Waals surface area (Å²) in [5, 5.41) is 14.1. The van der Waals surface area contributed by atoms with Gasteiger partial charge in [0.25, 0.3) is 5.91 Å². The highest BCUT2D eigenvalue weighted by molar-refractivity contribution is 7.10. The quantitative estimate of drug-likeness (QED) is 0.190. The van der Waals surface area contributed by atoms with E-state index in [0.29, 0.717) is 29.2 Å². The number of carbonyl (C=O) groups excluding carboxylic acids is 1. The van der Waals surface area contributed by atoms with Gasteiger partial charge in [-0.2, -0.15) is 13.2 Å². The van der Waals surface area contributed by atoms with E-state index in [-0.39, 0.29) is 24.8 Å². The first-order valence-corrected chi connectivity index (χ1v) is 15.4. The van der Waals surface area contributed by atoms with Crippen molar-refractivity contribution in [2.24, 2.45) is 0 Å². The third-order valence-corrected chi connectivity index (χ3v) is 8.98. The molecule has 0 bridgehead atoms. The summed E-state index contributed by atoms with van der Waals surface area (Å²) < 4.78 is 39.2. The largest absolute Gasteiger partial charge is 0.481 e. The molecule has 1 aliphatic carbocycles. The lowest BCUT2D eigenvalue weighted by molar-refractivity contribution is -0.138. The van der Waals surface area contributed by atoms with Crippen molar-refractivity contribution in [1.29, 1.82) is 0 Å². The Morgan fingerprint density at radius 1 is 0.930 bits per heavy atom. The van der Waals surface area contributed by atoms with Crippen LogP contribution in [-0.4, -0.2) is 28.5 Å². The Hall–Kier alpha value is -3.98. The van der Waals surface area contributed by atoms with Crippen LogP contribution in [0.25, 0.3) is 11.3 Å². The number of nitrogens with one attached hydrogen (secondary N) is 1. The highest BCUT2D eigenvalue weighted by Crippen LogP contribution is 2.36. The van der Waals surface area contributed by atoms with Crippen molar-refractivity contribution >= 4 is 23.2 Å². The minimum atomic E-state index is -4.40. The van der Waals surface area contributed by atoms with Gasteiger partial charge >= 0.3 is 12.1 Å². The Morgan fingerprint density at radius 3 is 2.23 bits per heavy atom. The predicted molar refractivity (Wildman–Crippen MR) is 161 cm³/mol. The SMILES string of the molecule is O=C(O)CCNC(=O)c1ccc(C(Cc2ccc(C3CCCCC3)cc2)c2nc(-c3ccc(C(F)(F)F)cc3)cs2)cc1. The fourth-order valence-electron chi connectivity index (χ4n) is 5.61. The summed E-state index contributed by atoms with van der Waals surface area (Å²) >= 11 is 1.46. The molecule has 0 saturated heterocycles. The normalized spacial score (nSPS) is 14.8. The number of rotatable bonds is 10. The summed E-state index contributed by atoms with van der Waals surface area (Å²) in [7, 11) is 0. The Bertz CT molecular complexity index is 1530. The molecule has 1 amide bonds. The first-order chi connectivity index (χ1) is 20.7. The zero-order valence-corrected chi connectivity index (χ0v) is 24.4. The van der Waals surface area contributed by atoms with Crippen molar-refractivity contribution in [2.75, 3.05) is 6.54 Å². The van der Waals surface area contributed by atoms with Crippen LogP contribution in [0.5, 0.6) is 0 Å². The Labute approximate surface area is 252 Å². The third-order valence-electron chi connectivity index (χ3n) is 8.02. The number of hydrogen-bond donors (Lipinski definition) is 2. The number of thiazole rings is 1. The molecule has 1 aliphatic rings. The lowest BCUT2D eigenvalue weighted by Crippen LogP contribution is -2.25. The molecular formula is C34H33F3N2O3S. The average molecular weight is 607 g/mol. The first-order valence-electron chi connectivity index (χ1n) is 14.5. The predicted octanol–water partition coefficient (Wildman–Crippen LogP) is 8.46. The van der Waals surface area contributed by atoms with Gasteiger partial charge in [-0.1, -0.05) is 67.8 Å². The zero-order chi connectivity index (χ0) is 30.4. The van der Waals surface area contributed by atoms with Gasteiger partial charge in [-0.25, -0.2) is 4.98 Å². The van der Waals surface area contributed by atoms with Gasteiger partial charge in [0.2, 0.25) is 0 Å².